The van der Waals surface area contributed by atoms with Crippen LogP contribution in [0.3, 0.4) is 0 Å². The normalized spacial score (nSPS) is 22.9. The maximum absolute atomic E-state index is 11.4. The van der Waals surface area contributed by atoms with Gasteiger partial charge in [-0.05, 0) is 19.4 Å². The summed E-state index contributed by atoms with van der Waals surface area (Å²) in [7, 11) is 1.90. The fourth-order valence-corrected chi connectivity index (χ4v) is 1.96. The molecular formula is C11H22N2O. The van der Waals surface area contributed by atoms with Crippen LogP contribution < -0.4 is 5.32 Å². The van der Waals surface area contributed by atoms with Gasteiger partial charge in [-0.2, -0.15) is 0 Å². The first-order valence-electron chi connectivity index (χ1n) is 5.71. The van der Waals surface area contributed by atoms with Gasteiger partial charge in [-0.3, -0.25) is 4.79 Å². The highest BCUT2D eigenvalue weighted by Gasteiger charge is 2.15. The number of carbonyl (C=O) groups excluding carboxylic acids is 1. The van der Waals surface area contributed by atoms with E-state index in [1.54, 1.807) is 0 Å². The molecule has 1 aliphatic heterocycles. The van der Waals surface area contributed by atoms with E-state index in [0.29, 0.717) is 12.5 Å². The lowest BCUT2D eigenvalue weighted by Gasteiger charge is -2.23. The zero-order chi connectivity index (χ0) is 10.4. The van der Waals surface area contributed by atoms with Gasteiger partial charge in [0.2, 0.25) is 5.91 Å². The van der Waals surface area contributed by atoms with E-state index in [-0.39, 0.29) is 5.91 Å². The minimum atomic E-state index is 0.246. The van der Waals surface area contributed by atoms with Crippen molar-refractivity contribution in [3.8, 4) is 0 Å². The van der Waals surface area contributed by atoms with E-state index >= 15 is 0 Å². The van der Waals surface area contributed by atoms with Gasteiger partial charge in [0, 0.05) is 26.1 Å². The minimum absolute atomic E-state index is 0.246. The van der Waals surface area contributed by atoms with Crippen LogP contribution in [-0.2, 0) is 4.79 Å². The lowest BCUT2D eigenvalue weighted by molar-refractivity contribution is -0.129. The number of hydrogen-bond acceptors (Lipinski definition) is 2. The molecule has 0 radical (unpaired) electrons. The SMILES string of the molecule is CCC(=O)N(C)CC1CCCCCN1. The van der Waals surface area contributed by atoms with Crippen molar-refractivity contribution in [3.05, 3.63) is 0 Å². The van der Waals surface area contributed by atoms with E-state index < -0.39 is 0 Å². The van der Waals surface area contributed by atoms with Crippen LogP contribution in [0.5, 0.6) is 0 Å². The molecule has 3 nitrogen and oxygen atoms in total. The van der Waals surface area contributed by atoms with Crippen molar-refractivity contribution in [2.24, 2.45) is 0 Å². The maximum atomic E-state index is 11.4. The Morgan fingerprint density at radius 1 is 1.43 bits per heavy atom. The molecule has 1 atom stereocenters. The molecule has 0 saturated carbocycles. The van der Waals surface area contributed by atoms with Crippen LogP contribution in [0.25, 0.3) is 0 Å². The standard InChI is InChI=1S/C11H22N2O/c1-3-11(14)13(2)9-10-7-5-4-6-8-12-10/h10,12H,3-9H2,1-2H3. The molecular weight excluding hydrogens is 176 g/mol. The Labute approximate surface area is 86.9 Å². The van der Waals surface area contributed by atoms with Crippen LogP contribution in [0.4, 0.5) is 0 Å². The van der Waals surface area contributed by atoms with Crippen molar-refractivity contribution in [2.45, 2.75) is 45.1 Å². The van der Waals surface area contributed by atoms with Crippen molar-refractivity contribution in [2.75, 3.05) is 20.1 Å². The third-order valence-corrected chi connectivity index (χ3v) is 2.88. The Morgan fingerprint density at radius 3 is 2.93 bits per heavy atom. The second-order valence-electron chi connectivity index (χ2n) is 4.13. The molecule has 1 saturated heterocycles. The van der Waals surface area contributed by atoms with E-state index in [0.717, 1.165) is 13.1 Å². The summed E-state index contributed by atoms with van der Waals surface area (Å²) in [6, 6.07) is 0.512. The molecule has 1 amide bonds. The Morgan fingerprint density at radius 2 is 2.21 bits per heavy atom. The maximum Gasteiger partial charge on any atom is 0.222 e. The Bertz CT molecular complexity index is 174. The van der Waals surface area contributed by atoms with Gasteiger partial charge in [-0.25, -0.2) is 0 Å². The summed E-state index contributed by atoms with van der Waals surface area (Å²) in [4.78, 5) is 13.2. The molecule has 0 bridgehead atoms. The molecule has 0 aromatic heterocycles. The molecule has 0 aromatic carbocycles. The summed E-state index contributed by atoms with van der Waals surface area (Å²) in [5, 5.41) is 3.50. The van der Waals surface area contributed by atoms with Gasteiger partial charge in [0.05, 0.1) is 0 Å². The third kappa shape index (κ3) is 3.66. The topological polar surface area (TPSA) is 32.3 Å². The van der Waals surface area contributed by atoms with Crippen LogP contribution in [0, 0.1) is 0 Å². The number of amides is 1. The molecule has 1 aliphatic rings. The molecule has 0 spiro atoms. The smallest absolute Gasteiger partial charge is 0.222 e. The second-order valence-corrected chi connectivity index (χ2v) is 4.13. The number of nitrogens with one attached hydrogen (secondary N) is 1. The van der Waals surface area contributed by atoms with Crippen molar-refractivity contribution >= 4 is 5.91 Å². The predicted octanol–water partition coefficient (Wildman–Crippen LogP) is 1.39. The lowest BCUT2D eigenvalue weighted by Crippen LogP contribution is -2.41. The summed E-state index contributed by atoms with van der Waals surface area (Å²) in [6.45, 7) is 3.89. The number of hydrogen-bond donors (Lipinski definition) is 1. The molecule has 1 rings (SSSR count). The first-order chi connectivity index (χ1) is 6.74. The fraction of sp³-hybridized carbons (Fsp3) is 0.909. The summed E-state index contributed by atoms with van der Waals surface area (Å²) in [5.41, 5.74) is 0. The van der Waals surface area contributed by atoms with Gasteiger partial charge in [0.25, 0.3) is 0 Å². The van der Waals surface area contributed by atoms with Crippen LogP contribution in [0.15, 0.2) is 0 Å². The number of rotatable bonds is 3. The number of likely N-dealkylation sites (N-methyl/N-ethyl adjacent to an activating group) is 1. The monoisotopic (exact) mass is 198 g/mol. The Hall–Kier alpha value is -0.570. The molecule has 1 unspecified atom stereocenters. The average Bonchev–Trinajstić information content (AvgIpc) is 2.45. The quantitative estimate of drug-likeness (QED) is 0.743. The molecule has 1 fully saturated rings. The third-order valence-electron chi connectivity index (χ3n) is 2.88. The van der Waals surface area contributed by atoms with Gasteiger partial charge >= 0.3 is 0 Å². The number of carbonyl (C=O) groups is 1. The average molecular weight is 198 g/mol. The van der Waals surface area contributed by atoms with E-state index in [2.05, 4.69) is 5.32 Å². The molecule has 0 aliphatic carbocycles. The highest BCUT2D eigenvalue weighted by Crippen LogP contribution is 2.09. The molecule has 3 heteroatoms. The van der Waals surface area contributed by atoms with Gasteiger partial charge in [-0.15, -0.1) is 0 Å². The van der Waals surface area contributed by atoms with Crippen LogP contribution in [-0.4, -0.2) is 37.0 Å². The lowest BCUT2D eigenvalue weighted by atomic mass is 10.1. The predicted molar refractivity (Wildman–Crippen MR) is 58.2 cm³/mol. The van der Waals surface area contributed by atoms with Gasteiger partial charge in [-0.1, -0.05) is 19.8 Å². The summed E-state index contributed by atoms with van der Waals surface area (Å²) in [6.07, 6.45) is 5.73. The molecule has 1 heterocycles. The van der Waals surface area contributed by atoms with Crippen LogP contribution in [0.2, 0.25) is 0 Å². The zero-order valence-corrected chi connectivity index (χ0v) is 9.38. The highest BCUT2D eigenvalue weighted by molar-refractivity contribution is 5.75. The fourth-order valence-electron chi connectivity index (χ4n) is 1.96. The van der Waals surface area contributed by atoms with Crippen molar-refractivity contribution in [3.63, 3.8) is 0 Å². The van der Waals surface area contributed by atoms with E-state index in [4.69, 9.17) is 0 Å². The summed E-state index contributed by atoms with van der Waals surface area (Å²) < 4.78 is 0. The first kappa shape index (κ1) is 11.5. The summed E-state index contributed by atoms with van der Waals surface area (Å²) in [5.74, 6) is 0.246. The summed E-state index contributed by atoms with van der Waals surface area (Å²) >= 11 is 0. The molecule has 82 valence electrons. The van der Waals surface area contributed by atoms with Crippen molar-refractivity contribution < 1.29 is 4.79 Å². The zero-order valence-electron chi connectivity index (χ0n) is 9.38. The van der Waals surface area contributed by atoms with E-state index in [9.17, 15) is 4.79 Å². The molecule has 1 N–H and O–H groups in total. The van der Waals surface area contributed by atoms with Crippen LogP contribution >= 0.6 is 0 Å². The van der Waals surface area contributed by atoms with E-state index in [1.165, 1.54) is 25.7 Å². The van der Waals surface area contributed by atoms with Gasteiger partial charge < -0.3 is 10.2 Å². The Kier molecular flexibility index (Phi) is 4.94. The van der Waals surface area contributed by atoms with Crippen LogP contribution in [0.1, 0.15) is 39.0 Å². The van der Waals surface area contributed by atoms with Gasteiger partial charge in [0.1, 0.15) is 0 Å². The van der Waals surface area contributed by atoms with E-state index in [1.807, 2.05) is 18.9 Å². The van der Waals surface area contributed by atoms with Crippen molar-refractivity contribution in [1.29, 1.82) is 0 Å². The first-order valence-corrected chi connectivity index (χ1v) is 5.71. The number of nitrogens with zero attached hydrogens (tertiary/aromatic N) is 1. The minimum Gasteiger partial charge on any atom is -0.344 e. The Balaban J connectivity index is 2.30. The van der Waals surface area contributed by atoms with Gasteiger partial charge in [0.15, 0.2) is 0 Å². The molecule has 14 heavy (non-hydrogen) atoms. The van der Waals surface area contributed by atoms with Crippen molar-refractivity contribution in [1.82, 2.24) is 10.2 Å². The second kappa shape index (κ2) is 6.02. The largest absolute Gasteiger partial charge is 0.344 e. The highest BCUT2D eigenvalue weighted by atomic mass is 16.2. The molecule has 0 aromatic rings.